The quantitative estimate of drug-likeness (QED) is 0.747. The molecule has 2 aromatic heterocycles. The molecule has 0 unspecified atom stereocenters. The summed E-state index contributed by atoms with van der Waals surface area (Å²) in [6, 6.07) is 2.67. The SMILES string of the molecule is Cc1ncc(F)cc1-n1ncc(I)cc1=O. The molecule has 82 valence electrons. The van der Waals surface area contributed by atoms with Crippen molar-refractivity contribution in [1.82, 2.24) is 14.8 Å². The lowest BCUT2D eigenvalue weighted by molar-refractivity contribution is 0.615. The molecule has 2 rings (SSSR count). The van der Waals surface area contributed by atoms with Gasteiger partial charge in [0, 0.05) is 15.7 Å². The molecule has 0 aromatic carbocycles. The smallest absolute Gasteiger partial charge is 0.267 e. The van der Waals surface area contributed by atoms with E-state index in [0.29, 0.717) is 11.4 Å². The molecule has 0 spiro atoms. The third-order valence-electron chi connectivity index (χ3n) is 2.02. The highest BCUT2D eigenvalue weighted by Crippen LogP contribution is 2.10. The normalized spacial score (nSPS) is 10.4. The Hall–Kier alpha value is -1.31. The number of rotatable bonds is 1. The van der Waals surface area contributed by atoms with Crippen LogP contribution in [0.3, 0.4) is 0 Å². The number of hydrogen-bond acceptors (Lipinski definition) is 3. The number of aromatic nitrogens is 3. The van der Waals surface area contributed by atoms with E-state index in [-0.39, 0.29) is 5.56 Å². The molecule has 2 aromatic rings. The monoisotopic (exact) mass is 331 g/mol. The van der Waals surface area contributed by atoms with E-state index in [1.165, 1.54) is 18.3 Å². The molecule has 0 aliphatic heterocycles. The first kappa shape index (κ1) is 11.2. The fraction of sp³-hybridized carbons (Fsp3) is 0.100. The zero-order valence-corrected chi connectivity index (χ0v) is 10.5. The Morgan fingerprint density at radius 3 is 2.81 bits per heavy atom. The van der Waals surface area contributed by atoms with E-state index < -0.39 is 5.82 Å². The van der Waals surface area contributed by atoms with Crippen LogP contribution in [0.4, 0.5) is 4.39 Å². The van der Waals surface area contributed by atoms with E-state index in [0.717, 1.165) is 14.4 Å². The van der Waals surface area contributed by atoms with Crippen LogP contribution in [-0.4, -0.2) is 14.8 Å². The minimum atomic E-state index is -0.493. The topological polar surface area (TPSA) is 47.8 Å². The van der Waals surface area contributed by atoms with Gasteiger partial charge in [0.2, 0.25) is 0 Å². The molecule has 0 aliphatic rings. The first-order chi connectivity index (χ1) is 7.58. The predicted octanol–water partition coefficient (Wildman–Crippen LogP) is 1.68. The fourth-order valence-corrected chi connectivity index (χ4v) is 1.67. The highest BCUT2D eigenvalue weighted by atomic mass is 127. The maximum absolute atomic E-state index is 13.0. The second kappa shape index (κ2) is 4.28. The largest absolute Gasteiger partial charge is 0.272 e. The Bertz CT molecular complexity index is 597. The van der Waals surface area contributed by atoms with Crippen molar-refractivity contribution in [3.05, 3.63) is 50.0 Å². The van der Waals surface area contributed by atoms with E-state index in [9.17, 15) is 9.18 Å². The Morgan fingerprint density at radius 1 is 1.38 bits per heavy atom. The number of aryl methyl sites for hydroxylation is 1. The summed E-state index contributed by atoms with van der Waals surface area (Å²) >= 11 is 1.99. The number of pyridine rings is 1. The Morgan fingerprint density at radius 2 is 2.12 bits per heavy atom. The van der Waals surface area contributed by atoms with Crippen LogP contribution in [0.15, 0.2) is 29.3 Å². The number of hydrogen-bond donors (Lipinski definition) is 0. The van der Waals surface area contributed by atoms with Crippen LogP contribution >= 0.6 is 22.6 Å². The summed E-state index contributed by atoms with van der Waals surface area (Å²) in [4.78, 5) is 15.5. The van der Waals surface area contributed by atoms with Crippen molar-refractivity contribution >= 4 is 22.6 Å². The maximum Gasteiger partial charge on any atom is 0.272 e. The van der Waals surface area contributed by atoms with Gasteiger partial charge in [0.25, 0.3) is 5.56 Å². The van der Waals surface area contributed by atoms with Gasteiger partial charge >= 0.3 is 0 Å². The van der Waals surface area contributed by atoms with Gasteiger partial charge in [-0.25, -0.2) is 4.39 Å². The van der Waals surface area contributed by atoms with Crippen LogP contribution in [0.25, 0.3) is 5.69 Å². The van der Waals surface area contributed by atoms with E-state index in [1.54, 1.807) is 6.92 Å². The molecule has 0 N–H and O–H groups in total. The molecule has 0 radical (unpaired) electrons. The van der Waals surface area contributed by atoms with E-state index in [4.69, 9.17) is 0 Å². The zero-order valence-electron chi connectivity index (χ0n) is 8.32. The summed E-state index contributed by atoms with van der Waals surface area (Å²) in [7, 11) is 0. The van der Waals surface area contributed by atoms with Crippen molar-refractivity contribution in [2.45, 2.75) is 6.92 Å². The second-order valence-electron chi connectivity index (χ2n) is 3.18. The number of nitrogens with zero attached hydrogens (tertiary/aromatic N) is 3. The average molecular weight is 331 g/mol. The number of halogens is 2. The van der Waals surface area contributed by atoms with Crippen molar-refractivity contribution in [3.8, 4) is 5.69 Å². The van der Waals surface area contributed by atoms with Crippen molar-refractivity contribution in [2.75, 3.05) is 0 Å². The minimum Gasteiger partial charge on any atom is -0.267 e. The zero-order chi connectivity index (χ0) is 11.7. The summed E-state index contributed by atoms with van der Waals surface area (Å²) in [6.07, 6.45) is 2.64. The van der Waals surface area contributed by atoms with Crippen LogP contribution in [-0.2, 0) is 0 Å². The highest BCUT2D eigenvalue weighted by molar-refractivity contribution is 14.1. The first-order valence-electron chi connectivity index (χ1n) is 4.45. The predicted molar refractivity (Wildman–Crippen MR) is 65.0 cm³/mol. The van der Waals surface area contributed by atoms with Gasteiger partial charge in [0.15, 0.2) is 0 Å². The van der Waals surface area contributed by atoms with Crippen molar-refractivity contribution < 1.29 is 4.39 Å². The molecule has 0 saturated heterocycles. The molecule has 0 saturated carbocycles. The lowest BCUT2D eigenvalue weighted by Crippen LogP contribution is -2.21. The van der Waals surface area contributed by atoms with Gasteiger partial charge in [-0.2, -0.15) is 9.78 Å². The first-order valence-corrected chi connectivity index (χ1v) is 5.53. The van der Waals surface area contributed by atoms with Gasteiger partial charge in [-0.1, -0.05) is 0 Å². The van der Waals surface area contributed by atoms with E-state index >= 15 is 0 Å². The van der Waals surface area contributed by atoms with Crippen LogP contribution in [0, 0.1) is 16.3 Å². The van der Waals surface area contributed by atoms with Gasteiger partial charge in [-0.3, -0.25) is 9.78 Å². The van der Waals surface area contributed by atoms with E-state index in [2.05, 4.69) is 10.1 Å². The van der Waals surface area contributed by atoms with E-state index in [1.807, 2.05) is 22.6 Å². The molecular weight excluding hydrogens is 324 g/mol. The maximum atomic E-state index is 13.0. The molecule has 0 fully saturated rings. The Labute approximate surface area is 104 Å². The highest BCUT2D eigenvalue weighted by Gasteiger charge is 2.07. The van der Waals surface area contributed by atoms with Gasteiger partial charge in [-0.05, 0) is 29.5 Å². The average Bonchev–Trinajstić information content (AvgIpc) is 2.22. The van der Waals surface area contributed by atoms with Crippen molar-refractivity contribution in [3.63, 3.8) is 0 Å². The van der Waals surface area contributed by atoms with Gasteiger partial charge in [0.1, 0.15) is 5.82 Å². The van der Waals surface area contributed by atoms with Crippen LogP contribution in [0.5, 0.6) is 0 Å². The standard InChI is InChI=1S/C10H7FIN3O/c1-6-9(2-7(11)4-13-6)15-10(16)3-8(12)5-14-15/h2-5H,1H3. The Balaban J connectivity index is 2.67. The molecule has 2 heterocycles. The summed E-state index contributed by atoms with van der Waals surface area (Å²) in [5.41, 5.74) is 0.612. The molecular formula is C10H7FIN3O. The molecule has 0 aliphatic carbocycles. The molecule has 0 atom stereocenters. The van der Waals surface area contributed by atoms with Crippen LogP contribution in [0.2, 0.25) is 0 Å². The lowest BCUT2D eigenvalue weighted by Gasteiger charge is -2.06. The Kier molecular flexibility index (Phi) is 2.99. The summed E-state index contributed by atoms with van der Waals surface area (Å²) in [5, 5.41) is 3.94. The summed E-state index contributed by atoms with van der Waals surface area (Å²) in [6.45, 7) is 1.70. The molecule has 16 heavy (non-hydrogen) atoms. The fourth-order valence-electron chi connectivity index (χ4n) is 1.28. The molecule has 6 heteroatoms. The summed E-state index contributed by atoms with van der Waals surface area (Å²) in [5.74, 6) is -0.493. The molecule has 0 bridgehead atoms. The molecule has 0 amide bonds. The van der Waals surface area contributed by atoms with Gasteiger partial charge in [0.05, 0.1) is 23.8 Å². The third kappa shape index (κ3) is 2.11. The second-order valence-corrected chi connectivity index (χ2v) is 4.43. The van der Waals surface area contributed by atoms with Gasteiger partial charge < -0.3 is 0 Å². The summed E-state index contributed by atoms with van der Waals surface area (Å²) < 4.78 is 14.9. The molecule has 4 nitrogen and oxygen atoms in total. The minimum absolute atomic E-state index is 0.303. The van der Waals surface area contributed by atoms with Crippen molar-refractivity contribution in [1.29, 1.82) is 0 Å². The van der Waals surface area contributed by atoms with Crippen molar-refractivity contribution in [2.24, 2.45) is 0 Å². The van der Waals surface area contributed by atoms with Crippen LogP contribution in [0.1, 0.15) is 5.69 Å². The van der Waals surface area contributed by atoms with Gasteiger partial charge in [-0.15, -0.1) is 0 Å². The van der Waals surface area contributed by atoms with Crippen LogP contribution < -0.4 is 5.56 Å². The lowest BCUT2D eigenvalue weighted by atomic mass is 10.3. The third-order valence-corrected chi connectivity index (χ3v) is 2.61.